The number of aliphatic hydroxyl groups excluding tert-OH is 1. The highest BCUT2D eigenvalue weighted by Crippen LogP contribution is 1.70. The second-order valence-corrected chi connectivity index (χ2v) is 1.27. The topological polar surface area (TPSA) is 38.7 Å². The van der Waals surface area contributed by atoms with E-state index in [1.54, 1.807) is 7.11 Å². The van der Waals surface area contributed by atoms with Crippen LogP contribution in [-0.2, 0) is 9.47 Å². The van der Waals surface area contributed by atoms with Gasteiger partial charge in [0.05, 0.1) is 0 Å². The maximum absolute atomic E-state index is 8.16. The molecule has 0 rings (SSSR count). The molecule has 0 aromatic carbocycles. The molecule has 52 valence electrons. The van der Waals surface area contributed by atoms with Crippen LogP contribution in [0.4, 0.5) is 0 Å². The van der Waals surface area contributed by atoms with Crippen LogP contribution >= 0.6 is 0 Å². The summed E-state index contributed by atoms with van der Waals surface area (Å²) in [5.41, 5.74) is 0. The molecule has 0 spiro atoms. The SMILES string of the molecule is COCOCC#CCO. The van der Waals surface area contributed by atoms with Gasteiger partial charge in [0.2, 0.25) is 0 Å². The minimum absolute atomic E-state index is 0.115. The standard InChI is InChI=1S/C6H10O3/c1-8-6-9-5-3-2-4-7/h7H,4-6H2,1H3. The van der Waals surface area contributed by atoms with E-state index in [2.05, 4.69) is 16.6 Å². The fourth-order valence-corrected chi connectivity index (χ4v) is 0.283. The Labute approximate surface area is 54.6 Å². The monoisotopic (exact) mass is 130 g/mol. The van der Waals surface area contributed by atoms with Gasteiger partial charge in [-0.2, -0.15) is 0 Å². The summed E-state index contributed by atoms with van der Waals surface area (Å²) < 4.78 is 9.35. The molecule has 9 heavy (non-hydrogen) atoms. The summed E-state index contributed by atoms with van der Waals surface area (Å²) >= 11 is 0. The molecule has 0 saturated carbocycles. The van der Waals surface area contributed by atoms with E-state index in [9.17, 15) is 0 Å². The Balaban J connectivity index is 2.90. The van der Waals surface area contributed by atoms with E-state index < -0.39 is 0 Å². The zero-order valence-electron chi connectivity index (χ0n) is 5.39. The molecule has 0 aromatic rings. The van der Waals surface area contributed by atoms with E-state index in [4.69, 9.17) is 9.84 Å². The minimum Gasteiger partial charge on any atom is -0.384 e. The second kappa shape index (κ2) is 7.44. The van der Waals surface area contributed by atoms with Crippen molar-refractivity contribution in [2.45, 2.75) is 0 Å². The summed E-state index contributed by atoms with van der Waals surface area (Å²) in [6.45, 7) is 0.449. The molecule has 0 radical (unpaired) electrons. The normalized spacial score (nSPS) is 8.22. The number of rotatable bonds is 3. The van der Waals surface area contributed by atoms with E-state index in [0.717, 1.165) is 0 Å². The molecule has 3 heteroatoms. The average molecular weight is 130 g/mol. The van der Waals surface area contributed by atoms with Gasteiger partial charge in [-0.25, -0.2) is 0 Å². The summed E-state index contributed by atoms with van der Waals surface area (Å²) in [6, 6.07) is 0. The first-order chi connectivity index (χ1) is 4.41. The first-order valence-electron chi connectivity index (χ1n) is 2.55. The van der Waals surface area contributed by atoms with Crippen LogP contribution in [0.1, 0.15) is 0 Å². The van der Waals surface area contributed by atoms with Gasteiger partial charge < -0.3 is 14.6 Å². The molecule has 0 aliphatic rings. The van der Waals surface area contributed by atoms with Crippen molar-refractivity contribution in [2.75, 3.05) is 27.1 Å². The molecule has 0 fully saturated rings. The van der Waals surface area contributed by atoms with Crippen molar-refractivity contribution < 1.29 is 14.6 Å². The van der Waals surface area contributed by atoms with Crippen LogP contribution in [0.15, 0.2) is 0 Å². The maximum Gasteiger partial charge on any atom is 0.147 e. The number of methoxy groups -OCH3 is 1. The molecule has 0 unspecified atom stereocenters. The molecule has 0 bridgehead atoms. The lowest BCUT2D eigenvalue weighted by atomic mass is 10.6. The Morgan fingerprint density at radius 2 is 2.22 bits per heavy atom. The van der Waals surface area contributed by atoms with Crippen molar-refractivity contribution in [1.82, 2.24) is 0 Å². The summed E-state index contributed by atoms with van der Waals surface area (Å²) in [5.74, 6) is 5.00. The Kier molecular flexibility index (Phi) is 6.98. The van der Waals surface area contributed by atoms with Gasteiger partial charge in [-0.05, 0) is 0 Å². The largest absolute Gasteiger partial charge is 0.384 e. The fraction of sp³-hybridized carbons (Fsp3) is 0.667. The lowest BCUT2D eigenvalue weighted by Gasteiger charge is -1.93. The van der Waals surface area contributed by atoms with Gasteiger partial charge in [0.25, 0.3) is 0 Å². The van der Waals surface area contributed by atoms with Crippen molar-refractivity contribution in [3.63, 3.8) is 0 Å². The Hall–Kier alpha value is -0.560. The van der Waals surface area contributed by atoms with Gasteiger partial charge in [0, 0.05) is 7.11 Å². The summed E-state index contributed by atoms with van der Waals surface area (Å²) in [4.78, 5) is 0. The number of hydrogen-bond acceptors (Lipinski definition) is 3. The van der Waals surface area contributed by atoms with Crippen LogP contribution < -0.4 is 0 Å². The Morgan fingerprint density at radius 1 is 1.44 bits per heavy atom. The zero-order chi connectivity index (χ0) is 6.95. The third kappa shape index (κ3) is 7.44. The van der Waals surface area contributed by atoms with E-state index in [1.165, 1.54) is 0 Å². The molecular weight excluding hydrogens is 120 g/mol. The van der Waals surface area contributed by atoms with Gasteiger partial charge in [0.1, 0.15) is 20.0 Å². The molecule has 3 nitrogen and oxygen atoms in total. The highest BCUT2D eigenvalue weighted by molar-refractivity contribution is 4.98. The van der Waals surface area contributed by atoms with Crippen LogP contribution in [0.3, 0.4) is 0 Å². The van der Waals surface area contributed by atoms with Crippen molar-refractivity contribution >= 4 is 0 Å². The van der Waals surface area contributed by atoms with E-state index >= 15 is 0 Å². The predicted octanol–water partition coefficient (Wildman–Crippen LogP) is -0.397. The second-order valence-electron chi connectivity index (χ2n) is 1.27. The molecule has 0 aromatic heterocycles. The third-order valence-corrected chi connectivity index (χ3v) is 0.579. The lowest BCUT2D eigenvalue weighted by Crippen LogP contribution is -1.95. The quantitative estimate of drug-likeness (QED) is 0.321. The maximum atomic E-state index is 8.16. The lowest BCUT2D eigenvalue weighted by molar-refractivity contribution is -0.0166. The van der Waals surface area contributed by atoms with Gasteiger partial charge in [-0.1, -0.05) is 11.8 Å². The van der Waals surface area contributed by atoms with E-state index in [-0.39, 0.29) is 13.4 Å². The number of aliphatic hydroxyl groups is 1. The molecule has 0 heterocycles. The van der Waals surface area contributed by atoms with Crippen LogP contribution in [0.5, 0.6) is 0 Å². The molecular formula is C6H10O3. The zero-order valence-corrected chi connectivity index (χ0v) is 5.39. The molecule has 0 saturated heterocycles. The van der Waals surface area contributed by atoms with Crippen molar-refractivity contribution in [2.24, 2.45) is 0 Å². The van der Waals surface area contributed by atoms with Gasteiger partial charge in [0.15, 0.2) is 0 Å². The van der Waals surface area contributed by atoms with E-state index in [1.807, 2.05) is 0 Å². The van der Waals surface area contributed by atoms with Crippen LogP contribution in [0.2, 0.25) is 0 Å². The first kappa shape index (κ1) is 8.44. The predicted molar refractivity (Wildman–Crippen MR) is 32.7 cm³/mol. The van der Waals surface area contributed by atoms with Crippen molar-refractivity contribution in [1.29, 1.82) is 0 Å². The van der Waals surface area contributed by atoms with Crippen molar-refractivity contribution in [3.05, 3.63) is 0 Å². The van der Waals surface area contributed by atoms with Crippen molar-refractivity contribution in [3.8, 4) is 11.8 Å². The van der Waals surface area contributed by atoms with Crippen LogP contribution in [0, 0.1) is 11.8 Å². The van der Waals surface area contributed by atoms with Crippen LogP contribution in [0.25, 0.3) is 0 Å². The van der Waals surface area contributed by atoms with Gasteiger partial charge >= 0.3 is 0 Å². The summed E-state index contributed by atoms with van der Waals surface area (Å²) in [5, 5.41) is 8.16. The number of hydrogen-bond donors (Lipinski definition) is 1. The fourth-order valence-electron chi connectivity index (χ4n) is 0.283. The van der Waals surface area contributed by atoms with Crippen LogP contribution in [-0.4, -0.2) is 32.2 Å². The summed E-state index contributed by atoms with van der Waals surface area (Å²) in [7, 11) is 1.54. The highest BCUT2D eigenvalue weighted by Gasteiger charge is 1.75. The third-order valence-electron chi connectivity index (χ3n) is 0.579. The minimum atomic E-state index is -0.115. The smallest absolute Gasteiger partial charge is 0.147 e. The molecule has 0 aliphatic heterocycles. The van der Waals surface area contributed by atoms with Gasteiger partial charge in [-0.15, -0.1) is 0 Å². The molecule has 0 aliphatic carbocycles. The summed E-state index contributed by atoms with van der Waals surface area (Å²) in [6.07, 6.45) is 0. The number of ether oxygens (including phenoxy) is 2. The Bertz CT molecular complexity index is 101. The van der Waals surface area contributed by atoms with E-state index in [0.29, 0.717) is 6.61 Å². The molecule has 0 amide bonds. The first-order valence-corrected chi connectivity index (χ1v) is 2.55. The average Bonchev–Trinajstić information content (AvgIpc) is 1.89. The van der Waals surface area contributed by atoms with Gasteiger partial charge in [-0.3, -0.25) is 0 Å². The molecule has 1 N–H and O–H groups in total. The highest BCUT2D eigenvalue weighted by atomic mass is 16.7. The molecule has 0 atom stereocenters. The Morgan fingerprint density at radius 3 is 2.78 bits per heavy atom.